The van der Waals surface area contributed by atoms with Gasteiger partial charge in [0, 0.05) is 17.5 Å². The Balaban J connectivity index is 1.53. The number of aryl methyl sites for hydroxylation is 1. The van der Waals surface area contributed by atoms with Crippen molar-refractivity contribution in [3.8, 4) is 0 Å². The molecular weight excluding hydrogens is 362 g/mol. The topological polar surface area (TPSA) is 110 Å². The number of carbonyl (C=O) groups excluding carboxylic acids is 2. The van der Waals surface area contributed by atoms with Gasteiger partial charge in [0.05, 0.1) is 24.8 Å². The SMILES string of the molecule is Cc1c(C(=O)NCc2ccco2)oc2c1/C(=N/NC(=O)c1ccco1)CCC2. The van der Waals surface area contributed by atoms with Crippen LogP contribution in [0.2, 0.25) is 0 Å². The Labute approximate surface area is 160 Å². The maximum Gasteiger partial charge on any atom is 0.307 e. The molecule has 3 aromatic rings. The predicted octanol–water partition coefficient (Wildman–Crippen LogP) is 3.17. The fraction of sp³-hybridized carbons (Fsp3) is 0.250. The first-order valence-corrected chi connectivity index (χ1v) is 8.97. The first kappa shape index (κ1) is 17.8. The van der Waals surface area contributed by atoms with Gasteiger partial charge in [-0.3, -0.25) is 9.59 Å². The first-order valence-electron chi connectivity index (χ1n) is 8.97. The highest BCUT2D eigenvalue weighted by Crippen LogP contribution is 2.29. The van der Waals surface area contributed by atoms with Crippen LogP contribution >= 0.6 is 0 Å². The minimum atomic E-state index is -0.429. The normalized spacial score (nSPS) is 14.7. The third-order valence-corrected chi connectivity index (χ3v) is 4.57. The van der Waals surface area contributed by atoms with Crippen molar-refractivity contribution in [3.05, 3.63) is 71.0 Å². The Morgan fingerprint density at radius 3 is 2.68 bits per heavy atom. The van der Waals surface area contributed by atoms with Crippen LogP contribution in [-0.2, 0) is 13.0 Å². The maximum absolute atomic E-state index is 12.5. The molecule has 0 radical (unpaired) electrons. The van der Waals surface area contributed by atoms with Crippen molar-refractivity contribution in [1.82, 2.24) is 10.7 Å². The van der Waals surface area contributed by atoms with Gasteiger partial charge in [0.15, 0.2) is 11.5 Å². The molecule has 0 spiro atoms. The second kappa shape index (κ2) is 7.59. The summed E-state index contributed by atoms with van der Waals surface area (Å²) in [6, 6.07) is 6.74. The molecule has 0 saturated heterocycles. The molecule has 4 rings (SSSR count). The standard InChI is InChI=1S/C20H19N3O5/c1-12-17-14(22-23-19(24)16-8-4-10-27-16)6-2-7-15(17)28-18(12)20(25)21-11-13-5-3-9-26-13/h3-5,8-10H,2,6-7,11H2,1H3,(H,21,25)(H,23,24)/b22-14+. The molecule has 0 saturated carbocycles. The number of hydrogen-bond donors (Lipinski definition) is 2. The fourth-order valence-electron chi connectivity index (χ4n) is 3.24. The summed E-state index contributed by atoms with van der Waals surface area (Å²) in [6.45, 7) is 2.09. The minimum Gasteiger partial charge on any atom is -0.467 e. The lowest BCUT2D eigenvalue weighted by atomic mass is 9.93. The highest BCUT2D eigenvalue weighted by molar-refractivity contribution is 6.07. The predicted molar refractivity (Wildman–Crippen MR) is 99.0 cm³/mol. The summed E-state index contributed by atoms with van der Waals surface area (Å²) in [5.74, 6) is 1.05. The lowest BCUT2D eigenvalue weighted by Crippen LogP contribution is -2.23. The number of fused-ring (bicyclic) bond motifs is 1. The molecule has 0 bridgehead atoms. The number of furan rings is 3. The number of carbonyl (C=O) groups is 2. The highest BCUT2D eigenvalue weighted by atomic mass is 16.4. The molecule has 8 nitrogen and oxygen atoms in total. The maximum atomic E-state index is 12.5. The minimum absolute atomic E-state index is 0.183. The van der Waals surface area contributed by atoms with E-state index in [4.69, 9.17) is 13.3 Å². The smallest absolute Gasteiger partial charge is 0.307 e. The van der Waals surface area contributed by atoms with E-state index in [9.17, 15) is 9.59 Å². The average molecular weight is 381 g/mol. The number of rotatable bonds is 5. The van der Waals surface area contributed by atoms with Crippen LogP contribution in [0, 0.1) is 6.92 Å². The van der Waals surface area contributed by atoms with Crippen LogP contribution < -0.4 is 10.7 Å². The molecule has 1 aliphatic rings. The zero-order valence-electron chi connectivity index (χ0n) is 15.3. The van der Waals surface area contributed by atoms with Crippen LogP contribution in [0.5, 0.6) is 0 Å². The van der Waals surface area contributed by atoms with Crippen LogP contribution in [0.15, 0.2) is 55.1 Å². The van der Waals surface area contributed by atoms with Crippen molar-refractivity contribution in [2.24, 2.45) is 5.10 Å². The molecule has 2 N–H and O–H groups in total. The molecule has 3 aromatic heterocycles. The van der Waals surface area contributed by atoms with Crippen molar-refractivity contribution < 1.29 is 22.8 Å². The van der Waals surface area contributed by atoms with Crippen LogP contribution in [0.4, 0.5) is 0 Å². The second-order valence-electron chi connectivity index (χ2n) is 6.45. The van der Waals surface area contributed by atoms with Crippen LogP contribution in [0.1, 0.15) is 56.6 Å². The molecule has 144 valence electrons. The Bertz CT molecular complexity index is 1010. The Morgan fingerprint density at radius 2 is 1.93 bits per heavy atom. The van der Waals surface area contributed by atoms with E-state index in [2.05, 4.69) is 15.8 Å². The summed E-state index contributed by atoms with van der Waals surface area (Å²) >= 11 is 0. The van der Waals surface area contributed by atoms with Gasteiger partial charge in [0.1, 0.15) is 11.5 Å². The van der Waals surface area contributed by atoms with Crippen LogP contribution in [0.3, 0.4) is 0 Å². The van der Waals surface area contributed by atoms with Gasteiger partial charge in [-0.25, -0.2) is 5.43 Å². The molecule has 28 heavy (non-hydrogen) atoms. The monoisotopic (exact) mass is 381 g/mol. The third kappa shape index (κ3) is 3.48. The van der Waals surface area contributed by atoms with Gasteiger partial charge in [0.25, 0.3) is 5.91 Å². The van der Waals surface area contributed by atoms with Gasteiger partial charge >= 0.3 is 5.91 Å². The van der Waals surface area contributed by atoms with Crippen molar-refractivity contribution in [2.75, 3.05) is 0 Å². The van der Waals surface area contributed by atoms with E-state index in [1.807, 2.05) is 6.92 Å². The summed E-state index contributed by atoms with van der Waals surface area (Å²) in [5.41, 5.74) is 4.69. The highest BCUT2D eigenvalue weighted by Gasteiger charge is 2.28. The Morgan fingerprint density at radius 1 is 1.11 bits per heavy atom. The van der Waals surface area contributed by atoms with E-state index < -0.39 is 5.91 Å². The van der Waals surface area contributed by atoms with Crippen LogP contribution in [-0.4, -0.2) is 17.5 Å². The quantitative estimate of drug-likeness (QED) is 0.660. The van der Waals surface area contributed by atoms with Gasteiger partial charge in [-0.1, -0.05) is 0 Å². The molecule has 1 aliphatic carbocycles. The molecule has 0 atom stereocenters. The summed E-state index contributed by atoms with van der Waals surface area (Å²) in [5, 5.41) is 7.04. The van der Waals surface area contributed by atoms with Gasteiger partial charge in [-0.2, -0.15) is 5.10 Å². The molecule has 2 amide bonds. The number of hydrazone groups is 1. The van der Waals surface area contributed by atoms with Gasteiger partial charge < -0.3 is 18.6 Å². The van der Waals surface area contributed by atoms with E-state index in [0.29, 0.717) is 35.6 Å². The summed E-state index contributed by atoms with van der Waals surface area (Å²) in [4.78, 5) is 24.6. The molecular formula is C20H19N3O5. The molecule has 0 aliphatic heterocycles. The average Bonchev–Trinajstić information content (AvgIpc) is 3.45. The number of nitrogens with one attached hydrogen (secondary N) is 2. The number of nitrogens with zero attached hydrogens (tertiary/aromatic N) is 1. The summed E-state index contributed by atoms with van der Waals surface area (Å²) in [7, 11) is 0. The van der Waals surface area contributed by atoms with Gasteiger partial charge in [-0.05, 0) is 44.0 Å². The molecule has 3 heterocycles. The first-order chi connectivity index (χ1) is 13.6. The zero-order valence-corrected chi connectivity index (χ0v) is 15.3. The summed E-state index contributed by atoms with van der Waals surface area (Å²) in [6.07, 6.45) is 5.20. The van der Waals surface area contributed by atoms with Crippen molar-refractivity contribution in [1.29, 1.82) is 0 Å². The van der Waals surface area contributed by atoms with Crippen LogP contribution in [0.25, 0.3) is 0 Å². The lowest BCUT2D eigenvalue weighted by Gasteiger charge is -2.13. The van der Waals surface area contributed by atoms with E-state index >= 15 is 0 Å². The van der Waals surface area contributed by atoms with Gasteiger partial charge in [-0.15, -0.1) is 0 Å². The largest absolute Gasteiger partial charge is 0.467 e. The van der Waals surface area contributed by atoms with E-state index in [1.165, 1.54) is 6.26 Å². The zero-order chi connectivity index (χ0) is 19.5. The summed E-state index contributed by atoms with van der Waals surface area (Å²) < 4.78 is 16.1. The van der Waals surface area contributed by atoms with E-state index in [1.54, 1.807) is 30.5 Å². The fourth-order valence-corrected chi connectivity index (χ4v) is 3.24. The number of hydrogen-bond acceptors (Lipinski definition) is 6. The van der Waals surface area contributed by atoms with E-state index in [0.717, 1.165) is 12.0 Å². The molecule has 0 unspecified atom stereocenters. The van der Waals surface area contributed by atoms with Crippen molar-refractivity contribution in [2.45, 2.75) is 32.7 Å². The third-order valence-electron chi connectivity index (χ3n) is 4.57. The lowest BCUT2D eigenvalue weighted by molar-refractivity contribution is 0.0914. The number of amides is 2. The second-order valence-corrected chi connectivity index (χ2v) is 6.45. The van der Waals surface area contributed by atoms with Crippen molar-refractivity contribution >= 4 is 17.5 Å². The van der Waals surface area contributed by atoms with E-state index in [-0.39, 0.29) is 24.0 Å². The molecule has 0 fully saturated rings. The van der Waals surface area contributed by atoms with Crippen molar-refractivity contribution in [3.63, 3.8) is 0 Å². The molecule has 8 heteroatoms. The van der Waals surface area contributed by atoms with Gasteiger partial charge in [0.2, 0.25) is 0 Å². The molecule has 0 aromatic carbocycles. The Kier molecular flexibility index (Phi) is 4.84. The Hall–Kier alpha value is -3.55.